The molecule has 3 rings (SSSR count). The number of amides is 1. The fourth-order valence-electron chi connectivity index (χ4n) is 3.62. The van der Waals surface area contributed by atoms with Gasteiger partial charge in [0.15, 0.2) is 0 Å². The molecule has 0 atom stereocenters. The van der Waals surface area contributed by atoms with Crippen LogP contribution in [0.5, 0.6) is 0 Å². The third-order valence-corrected chi connectivity index (χ3v) is 4.97. The maximum absolute atomic E-state index is 12.9. The Hall–Kier alpha value is -2.93. The topological polar surface area (TPSA) is 69.9 Å². The zero-order valence-electron chi connectivity index (χ0n) is 16.3. The normalized spacial score (nSPS) is 14.9. The molecule has 7 nitrogen and oxygen atoms in total. The van der Waals surface area contributed by atoms with Gasteiger partial charge in [-0.1, -0.05) is 30.3 Å². The summed E-state index contributed by atoms with van der Waals surface area (Å²) in [6.07, 6.45) is 0. The van der Waals surface area contributed by atoms with E-state index in [2.05, 4.69) is 4.90 Å². The number of piperazine rings is 1. The molecule has 1 saturated heterocycles. The highest BCUT2D eigenvalue weighted by Crippen LogP contribution is 2.28. The van der Waals surface area contributed by atoms with E-state index in [9.17, 15) is 14.9 Å². The molecule has 0 saturated carbocycles. The minimum Gasteiger partial charge on any atom is -0.363 e. The number of hydrogen-bond acceptors (Lipinski definition) is 5. The van der Waals surface area contributed by atoms with Crippen molar-refractivity contribution in [3.63, 3.8) is 0 Å². The summed E-state index contributed by atoms with van der Waals surface area (Å²) in [6.45, 7) is 7.07. The van der Waals surface area contributed by atoms with E-state index in [1.54, 1.807) is 12.1 Å². The monoisotopic (exact) mass is 382 g/mol. The van der Waals surface area contributed by atoms with Crippen LogP contribution in [-0.2, 0) is 4.79 Å². The predicted octanol–water partition coefficient (Wildman–Crippen LogP) is 3.16. The molecular weight excluding hydrogens is 356 g/mol. The van der Waals surface area contributed by atoms with Crippen molar-refractivity contribution in [2.75, 3.05) is 42.5 Å². The summed E-state index contributed by atoms with van der Waals surface area (Å²) in [5.74, 6) is 0.0698. The van der Waals surface area contributed by atoms with E-state index in [-0.39, 0.29) is 22.6 Å². The first-order valence-electron chi connectivity index (χ1n) is 9.55. The van der Waals surface area contributed by atoms with Crippen LogP contribution in [0.2, 0.25) is 0 Å². The standard InChI is InChI=1S/C21H26N4O3/c1-17(2)24(18-8-4-3-5-9-18)21(26)16-22-12-14-23(15-13-22)19-10-6-7-11-20(19)25(27)28/h3-11,17H,12-16H2,1-2H3. The van der Waals surface area contributed by atoms with Gasteiger partial charge in [0.25, 0.3) is 5.69 Å². The Kier molecular flexibility index (Phi) is 6.26. The molecule has 0 aromatic heterocycles. The first-order valence-corrected chi connectivity index (χ1v) is 9.55. The number of nitro groups is 1. The van der Waals surface area contributed by atoms with Crippen LogP contribution < -0.4 is 9.80 Å². The van der Waals surface area contributed by atoms with E-state index in [1.807, 2.05) is 60.0 Å². The van der Waals surface area contributed by atoms with Crippen molar-refractivity contribution in [1.29, 1.82) is 0 Å². The molecule has 148 valence electrons. The van der Waals surface area contributed by atoms with Crippen molar-refractivity contribution in [2.24, 2.45) is 0 Å². The highest BCUT2D eigenvalue weighted by atomic mass is 16.6. The summed E-state index contributed by atoms with van der Waals surface area (Å²) in [7, 11) is 0. The first kappa shape index (κ1) is 19.8. The lowest BCUT2D eigenvalue weighted by molar-refractivity contribution is -0.384. The van der Waals surface area contributed by atoms with Gasteiger partial charge in [0.2, 0.25) is 5.91 Å². The van der Waals surface area contributed by atoms with Crippen LogP contribution in [0.25, 0.3) is 0 Å². The van der Waals surface area contributed by atoms with Gasteiger partial charge in [-0.25, -0.2) is 0 Å². The molecule has 1 amide bonds. The van der Waals surface area contributed by atoms with Crippen molar-refractivity contribution in [2.45, 2.75) is 19.9 Å². The molecule has 1 heterocycles. The number of carbonyl (C=O) groups excluding carboxylic acids is 1. The highest BCUT2D eigenvalue weighted by Gasteiger charge is 2.26. The summed E-state index contributed by atoms with van der Waals surface area (Å²) in [5.41, 5.74) is 1.68. The van der Waals surface area contributed by atoms with E-state index in [1.165, 1.54) is 6.07 Å². The smallest absolute Gasteiger partial charge is 0.292 e. The molecule has 7 heteroatoms. The van der Waals surface area contributed by atoms with Gasteiger partial charge in [0.05, 0.1) is 11.5 Å². The maximum atomic E-state index is 12.9. The second-order valence-electron chi connectivity index (χ2n) is 7.20. The van der Waals surface area contributed by atoms with Gasteiger partial charge in [0.1, 0.15) is 5.69 Å². The van der Waals surface area contributed by atoms with Crippen molar-refractivity contribution in [3.05, 3.63) is 64.7 Å². The van der Waals surface area contributed by atoms with Gasteiger partial charge >= 0.3 is 0 Å². The molecule has 0 aliphatic carbocycles. The quantitative estimate of drug-likeness (QED) is 0.567. The third-order valence-electron chi connectivity index (χ3n) is 4.97. The molecule has 0 radical (unpaired) electrons. The number of para-hydroxylation sites is 3. The zero-order valence-corrected chi connectivity index (χ0v) is 16.3. The fraction of sp³-hybridized carbons (Fsp3) is 0.381. The Labute approximate surface area is 165 Å². The van der Waals surface area contributed by atoms with Crippen LogP contribution >= 0.6 is 0 Å². The number of rotatable bonds is 6. The molecule has 28 heavy (non-hydrogen) atoms. The lowest BCUT2D eigenvalue weighted by Crippen LogP contribution is -2.51. The Bertz CT molecular complexity index is 817. The minimum absolute atomic E-state index is 0.0698. The average Bonchev–Trinajstić information content (AvgIpc) is 2.69. The number of hydrogen-bond donors (Lipinski definition) is 0. The Morgan fingerprint density at radius 3 is 2.25 bits per heavy atom. The number of benzene rings is 2. The minimum atomic E-state index is -0.342. The van der Waals surface area contributed by atoms with E-state index in [0.29, 0.717) is 38.4 Å². The second-order valence-corrected chi connectivity index (χ2v) is 7.20. The maximum Gasteiger partial charge on any atom is 0.292 e. The van der Waals surface area contributed by atoms with E-state index < -0.39 is 0 Å². The van der Waals surface area contributed by atoms with Crippen LogP contribution in [-0.4, -0.2) is 54.5 Å². The van der Waals surface area contributed by atoms with Crippen LogP contribution in [0, 0.1) is 10.1 Å². The second kappa shape index (κ2) is 8.84. The molecule has 0 N–H and O–H groups in total. The lowest BCUT2D eigenvalue weighted by Gasteiger charge is -2.37. The van der Waals surface area contributed by atoms with Crippen molar-refractivity contribution in [3.8, 4) is 0 Å². The van der Waals surface area contributed by atoms with Gasteiger partial charge in [-0.05, 0) is 32.0 Å². The molecular formula is C21H26N4O3. The Balaban J connectivity index is 1.62. The highest BCUT2D eigenvalue weighted by molar-refractivity contribution is 5.95. The van der Waals surface area contributed by atoms with E-state index in [0.717, 1.165) is 5.69 Å². The molecule has 0 bridgehead atoms. The molecule has 2 aromatic rings. The van der Waals surface area contributed by atoms with Crippen molar-refractivity contribution in [1.82, 2.24) is 4.90 Å². The van der Waals surface area contributed by atoms with Gasteiger partial charge < -0.3 is 9.80 Å². The van der Waals surface area contributed by atoms with E-state index >= 15 is 0 Å². The Morgan fingerprint density at radius 2 is 1.64 bits per heavy atom. The van der Waals surface area contributed by atoms with Crippen LogP contribution in [0.4, 0.5) is 17.1 Å². The van der Waals surface area contributed by atoms with Crippen LogP contribution in [0.1, 0.15) is 13.8 Å². The number of nitrogens with zero attached hydrogens (tertiary/aromatic N) is 4. The molecule has 1 fully saturated rings. The SMILES string of the molecule is CC(C)N(C(=O)CN1CCN(c2ccccc2[N+](=O)[O-])CC1)c1ccccc1. The zero-order chi connectivity index (χ0) is 20.1. The van der Waals surface area contributed by atoms with Gasteiger partial charge in [-0.15, -0.1) is 0 Å². The summed E-state index contributed by atoms with van der Waals surface area (Å²) in [4.78, 5) is 29.8. The summed E-state index contributed by atoms with van der Waals surface area (Å²) in [5, 5.41) is 11.3. The van der Waals surface area contributed by atoms with Gasteiger partial charge in [-0.2, -0.15) is 0 Å². The molecule has 2 aromatic carbocycles. The summed E-state index contributed by atoms with van der Waals surface area (Å²) >= 11 is 0. The van der Waals surface area contributed by atoms with E-state index in [4.69, 9.17) is 0 Å². The molecule has 1 aliphatic heterocycles. The summed E-state index contributed by atoms with van der Waals surface area (Å²) in [6, 6.07) is 16.6. The van der Waals surface area contributed by atoms with Crippen molar-refractivity contribution >= 4 is 23.0 Å². The average molecular weight is 382 g/mol. The van der Waals surface area contributed by atoms with Crippen molar-refractivity contribution < 1.29 is 9.72 Å². The Morgan fingerprint density at radius 1 is 1.04 bits per heavy atom. The van der Waals surface area contributed by atoms with Gasteiger partial charge in [0, 0.05) is 44.0 Å². The number of nitro benzene ring substituents is 1. The molecule has 0 spiro atoms. The fourth-order valence-corrected chi connectivity index (χ4v) is 3.62. The largest absolute Gasteiger partial charge is 0.363 e. The number of carbonyl (C=O) groups is 1. The third kappa shape index (κ3) is 4.48. The van der Waals surface area contributed by atoms with Crippen LogP contribution in [0.15, 0.2) is 54.6 Å². The lowest BCUT2D eigenvalue weighted by atomic mass is 10.2. The molecule has 0 unspecified atom stereocenters. The first-order chi connectivity index (χ1) is 13.5. The summed E-state index contributed by atoms with van der Waals surface area (Å²) < 4.78 is 0. The molecule has 1 aliphatic rings. The van der Waals surface area contributed by atoms with Crippen LogP contribution in [0.3, 0.4) is 0 Å². The predicted molar refractivity (Wildman–Crippen MR) is 111 cm³/mol. The number of anilines is 2. The van der Waals surface area contributed by atoms with Gasteiger partial charge in [-0.3, -0.25) is 19.8 Å².